The van der Waals surface area contributed by atoms with Gasteiger partial charge in [0.15, 0.2) is 0 Å². The fraction of sp³-hybridized carbons (Fsp3) is 0.625. The largest absolute Gasteiger partial charge is 0.387 e. The molecule has 1 aromatic carbocycles. The number of aliphatic hydroxyl groups is 1. The Morgan fingerprint density at radius 1 is 1.30 bits per heavy atom. The van der Waals surface area contributed by atoms with Crippen LogP contribution in [0.25, 0.3) is 0 Å². The molecule has 0 bridgehead atoms. The summed E-state index contributed by atoms with van der Waals surface area (Å²) in [4.78, 5) is 4.76. The van der Waals surface area contributed by atoms with Crippen LogP contribution in [0.15, 0.2) is 24.3 Å². The average Bonchev–Trinajstić information content (AvgIpc) is 2.60. The van der Waals surface area contributed by atoms with E-state index in [1.165, 1.54) is 6.42 Å². The van der Waals surface area contributed by atoms with E-state index in [0.29, 0.717) is 19.1 Å². The molecule has 1 aromatic rings. The first-order valence-corrected chi connectivity index (χ1v) is 7.49. The first-order valence-electron chi connectivity index (χ1n) is 7.49. The van der Waals surface area contributed by atoms with Crippen molar-refractivity contribution in [3.63, 3.8) is 0 Å². The Morgan fingerprint density at radius 2 is 2.00 bits per heavy atom. The van der Waals surface area contributed by atoms with Crippen LogP contribution in [0.1, 0.15) is 30.6 Å². The highest BCUT2D eigenvalue weighted by atomic mass is 16.3. The Morgan fingerprint density at radius 3 is 2.65 bits per heavy atom. The molecule has 0 saturated carbocycles. The van der Waals surface area contributed by atoms with E-state index in [4.69, 9.17) is 5.73 Å². The number of aliphatic hydroxyl groups excluding tert-OH is 1. The van der Waals surface area contributed by atoms with Crippen molar-refractivity contribution in [3.8, 4) is 0 Å². The van der Waals surface area contributed by atoms with Crippen LogP contribution in [-0.2, 0) is 6.54 Å². The molecule has 1 fully saturated rings. The van der Waals surface area contributed by atoms with Gasteiger partial charge in [0.05, 0.1) is 6.10 Å². The summed E-state index contributed by atoms with van der Waals surface area (Å²) in [5, 5.41) is 10.4. The molecule has 1 aliphatic rings. The Labute approximate surface area is 122 Å². The van der Waals surface area contributed by atoms with Crippen molar-refractivity contribution in [2.75, 3.05) is 33.2 Å². The molecular formula is C16H27N3O. The summed E-state index contributed by atoms with van der Waals surface area (Å²) in [7, 11) is 2.17. The number of nitrogens with zero attached hydrogens (tertiary/aromatic N) is 2. The minimum absolute atomic E-state index is 0.423. The van der Waals surface area contributed by atoms with Gasteiger partial charge < -0.3 is 15.7 Å². The summed E-state index contributed by atoms with van der Waals surface area (Å²) in [5.74, 6) is 0. The van der Waals surface area contributed by atoms with Gasteiger partial charge in [-0.2, -0.15) is 0 Å². The van der Waals surface area contributed by atoms with Gasteiger partial charge in [0.25, 0.3) is 0 Å². The smallest absolute Gasteiger partial charge is 0.0917 e. The highest BCUT2D eigenvalue weighted by Crippen LogP contribution is 2.18. The number of benzene rings is 1. The molecule has 0 aliphatic carbocycles. The van der Waals surface area contributed by atoms with Gasteiger partial charge in [0, 0.05) is 25.7 Å². The van der Waals surface area contributed by atoms with Crippen LogP contribution in [0.4, 0.5) is 0 Å². The number of likely N-dealkylation sites (N-methyl/N-ethyl adjacent to an activating group) is 1. The normalized spacial score (nSPS) is 23.5. The zero-order valence-electron chi connectivity index (χ0n) is 12.6. The van der Waals surface area contributed by atoms with Gasteiger partial charge in [-0.1, -0.05) is 24.3 Å². The lowest BCUT2D eigenvalue weighted by atomic mass is 10.1. The Balaban J connectivity index is 1.96. The quantitative estimate of drug-likeness (QED) is 0.868. The van der Waals surface area contributed by atoms with Crippen LogP contribution in [-0.4, -0.2) is 54.2 Å². The van der Waals surface area contributed by atoms with E-state index in [9.17, 15) is 5.11 Å². The van der Waals surface area contributed by atoms with E-state index < -0.39 is 6.10 Å². The highest BCUT2D eigenvalue weighted by molar-refractivity contribution is 5.24. The Hall–Kier alpha value is -0.940. The van der Waals surface area contributed by atoms with Gasteiger partial charge in [-0.05, 0) is 44.6 Å². The molecule has 1 aliphatic heterocycles. The van der Waals surface area contributed by atoms with Crippen molar-refractivity contribution in [1.29, 1.82) is 0 Å². The standard InChI is InChI=1S/C16H27N3O/c1-13-11-18(2)8-3-9-19(13)12-16(20)15-6-4-14(10-17)5-7-15/h4-7,13,16,20H,3,8-12,17H2,1-2H3. The number of hydrogen-bond acceptors (Lipinski definition) is 4. The minimum atomic E-state index is -0.423. The zero-order valence-corrected chi connectivity index (χ0v) is 12.6. The molecule has 0 radical (unpaired) electrons. The maximum absolute atomic E-state index is 10.4. The van der Waals surface area contributed by atoms with Crippen LogP contribution in [0, 0.1) is 0 Å². The highest BCUT2D eigenvalue weighted by Gasteiger charge is 2.22. The van der Waals surface area contributed by atoms with Crippen molar-refractivity contribution < 1.29 is 5.11 Å². The molecule has 2 atom stereocenters. The molecule has 0 spiro atoms. The predicted octanol–water partition coefficient (Wildman–Crippen LogP) is 1.20. The monoisotopic (exact) mass is 277 g/mol. The summed E-state index contributed by atoms with van der Waals surface area (Å²) < 4.78 is 0. The molecule has 2 unspecified atom stereocenters. The summed E-state index contributed by atoms with van der Waals surface area (Å²) >= 11 is 0. The fourth-order valence-corrected chi connectivity index (χ4v) is 2.90. The third kappa shape index (κ3) is 4.03. The Kier molecular flexibility index (Phi) is 5.54. The molecule has 2 rings (SSSR count). The summed E-state index contributed by atoms with van der Waals surface area (Å²) in [6, 6.07) is 8.46. The SMILES string of the molecule is CC1CN(C)CCCN1CC(O)c1ccc(CN)cc1. The van der Waals surface area contributed by atoms with E-state index in [-0.39, 0.29) is 0 Å². The van der Waals surface area contributed by atoms with Crippen LogP contribution < -0.4 is 5.73 Å². The maximum Gasteiger partial charge on any atom is 0.0917 e. The van der Waals surface area contributed by atoms with Gasteiger partial charge in [0.2, 0.25) is 0 Å². The average molecular weight is 277 g/mol. The van der Waals surface area contributed by atoms with E-state index >= 15 is 0 Å². The van der Waals surface area contributed by atoms with E-state index in [2.05, 4.69) is 23.8 Å². The van der Waals surface area contributed by atoms with Gasteiger partial charge in [0.1, 0.15) is 0 Å². The van der Waals surface area contributed by atoms with Crippen molar-refractivity contribution >= 4 is 0 Å². The first-order chi connectivity index (χ1) is 9.60. The van der Waals surface area contributed by atoms with Gasteiger partial charge in [-0.15, -0.1) is 0 Å². The van der Waals surface area contributed by atoms with Crippen molar-refractivity contribution in [3.05, 3.63) is 35.4 Å². The van der Waals surface area contributed by atoms with E-state index in [0.717, 1.165) is 30.8 Å². The zero-order chi connectivity index (χ0) is 14.5. The molecule has 0 aromatic heterocycles. The molecule has 3 N–H and O–H groups in total. The molecule has 4 nitrogen and oxygen atoms in total. The molecule has 0 amide bonds. The first kappa shape index (κ1) is 15.4. The lowest BCUT2D eigenvalue weighted by molar-refractivity contribution is 0.0920. The second-order valence-electron chi connectivity index (χ2n) is 5.92. The number of hydrogen-bond donors (Lipinski definition) is 2. The lowest BCUT2D eigenvalue weighted by Crippen LogP contribution is -2.40. The van der Waals surface area contributed by atoms with Crippen molar-refractivity contribution in [1.82, 2.24) is 9.80 Å². The van der Waals surface area contributed by atoms with E-state index in [1.54, 1.807) is 0 Å². The van der Waals surface area contributed by atoms with Crippen LogP contribution in [0.5, 0.6) is 0 Å². The van der Waals surface area contributed by atoms with Crippen molar-refractivity contribution in [2.45, 2.75) is 32.0 Å². The molecule has 4 heteroatoms. The minimum Gasteiger partial charge on any atom is -0.387 e. The number of rotatable bonds is 4. The summed E-state index contributed by atoms with van der Waals surface area (Å²) in [5.41, 5.74) is 7.68. The number of nitrogens with two attached hydrogens (primary N) is 1. The topological polar surface area (TPSA) is 52.7 Å². The van der Waals surface area contributed by atoms with Crippen LogP contribution >= 0.6 is 0 Å². The van der Waals surface area contributed by atoms with Gasteiger partial charge >= 0.3 is 0 Å². The predicted molar refractivity (Wildman–Crippen MR) is 82.4 cm³/mol. The van der Waals surface area contributed by atoms with Gasteiger partial charge in [-0.3, -0.25) is 4.90 Å². The van der Waals surface area contributed by atoms with E-state index in [1.807, 2.05) is 24.3 Å². The van der Waals surface area contributed by atoms with Crippen molar-refractivity contribution in [2.24, 2.45) is 5.73 Å². The third-order valence-corrected chi connectivity index (χ3v) is 4.19. The van der Waals surface area contributed by atoms with Crippen LogP contribution in [0.2, 0.25) is 0 Å². The van der Waals surface area contributed by atoms with Gasteiger partial charge in [-0.25, -0.2) is 0 Å². The number of β-amino-alcohol motifs (C(OH)–C–C–N with tert-alkyl or cyclic N) is 1. The lowest BCUT2D eigenvalue weighted by Gasteiger charge is -2.29. The summed E-state index contributed by atoms with van der Waals surface area (Å²) in [6.07, 6.45) is 0.743. The molecule has 1 saturated heterocycles. The molecular weight excluding hydrogens is 250 g/mol. The summed E-state index contributed by atoms with van der Waals surface area (Å²) in [6.45, 7) is 6.76. The molecule has 1 heterocycles. The molecule has 112 valence electrons. The Bertz CT molecular complexity index is 407. The molecule has 20 heavy (non-hydrogen) atoms. The van der Waals surface area contributed by atoms with Crippen LogP contribution in [0.3, 0.4) is 0 Å². The fourth-order valence-electron chi connectivity index (χ4n) is 2.90. The second-order valence-corrected chi connectivity index (χ2v) is 5.92. The third-order valence-electron chi connectivity index (χ3n) is 4.19. The maximum atomic E-state index is 10.4. The second kappa shape index (κ2) is 7.18.